The molecule has 0 radical (unpaired) electrons. The fourth-order valence-corrected chi connectivity index (χ4v) is 3.91. The molecule has 3 aromatic carbocycles. The normalized spacial score (nSPS) is 13.3. The Bertz CT molecular complexity index is 1220. The molecule has 4 aromatic rings. The van der Waals surface area contributed by atoms with Crippen molar-refractivity contribution in [2.45, 2.75) is 12.8 Å². The molecule has 142 valence electrons. The van der Waals surface area contributed by atoms with Crippen molar-refractivity contribution in [2.24, 2.45) is 0 Å². The van der Waals surface area contributed by atoms with Crippen molar-refractivity contribution in [3.05, 3.63) is 83.9 Å². The number of para-hydroxylation sites is 1. The second kappa shape index (κ2) is 7.02. The van der Waals surface area contributed by atoms with Crippen molar-refractivity contribution < 1.29 is 9.90 Å². The van der Waals surface area contributed by atoms with Crippen LogP contribution < -0.4 is 4.90 Å². The molecule has 0 saturated carbocycles. The number of benzene rings is 3. The molecule has 0 aliphatic carbocycles. The summed E-state index contributed by atoms with van der Waals surface area (Å²) in [5.41, 5.74) is 5.70. The number of nitrogens with zero attached hydrogens (tertiary/aromatic N) is 3. The van der Waals surface area contributed by atoms with Gasteiger partial charge in [-0.05, 0) is 42.7 Å². The summed E-state index contributed by atoms with van der Waals surface area (Å²) in [6, 6.07) is 23.3. The van der Waals surface area contributed by atoms with Gasteiger partial charge >= 0.3 is 5.97 Å². The van der Waals surface area contributed by atoms with E-state index in [2.05, 4.69) is 23.1 Å². The van der Waals surface area contributed by atoms with E-state index in [0.29, 0.717) is 11.0 Å². The first-order valence-corrected chi connectivity index (χ1v) is 9.67. The molecule has 0 saturated heterocycles. The molecule has 2 heterocycles. The summed E-state index contributed by atoms with van der Waals surface area (Å²) in [7, 11) is 0. The molecule has 1 aliphatic heterocycles. The minimum absolute atomic E-state index is 0.212. The van der Waals surface area contributed by atoms with Gasteiger partial charge in [0.1, 0.15) is 5.69 Å². The molecule has 5 nitrogen and oxygen atoms in total. The maximum Gasteiger partial charge on any atom is 0.335 e. The van der Waals surface area contributed by atoms with Gasteiger partial charge in [0.2, 0.25) is 0 Å². The number of carbonyl (C=O) groups is 1. The number of fused-ring (bicyclic) bond motifs is 2. The highest BCUT2D eigenvalue weighted by molar-refractivity contribution is 5.94. The third-order valence-electron chi connectivity index (χ3n) is 5.31. The Morgan fingerprint density at radius 3 is 2.52 bits per heavy atom. The molecule has 5 heteroatoms. The summed E-state index contributed by atoms with van der Waals surface area (Å²) in [5, 5.41) is 9.37. The van der Waals surface area contributed by atoms with E-state index >= 15 is 0 Å². The summed E-state index contributed by atoms with van der Waals surface area (Å²) < 4.78 is 0. The van der Waals surface area contributed by atoms with Crippen LogP contribution in [0, 0.1) is 0 Å². The van der Waals surface area contributed by atoms with Crippen molar-refractivity contribution >= 4 is 28.5 Å². The standard InChI is InChI=1S/C24H19N3O2/c28-24(29)18-12-13-19-20(15-18)26-23(22(25-19)17-8-2-1-3-9-17)27-14-6-10-16-7-4-5-11-21(16)27/h1-5,7-9,11-13,15H,6,10,14H2,(H,28,29). The van der Waals surface area contributed by atoms with Crippen LogP contribution in [0.15, 0.2) is 72.8 Å². The smallest absolute Gasteiger partial charge is 0.335 e. The van der Waals surface area contributed by atoms with Crippen LogP contribution in [0.4, 0.5) is 11.5 Å². The van der Waals surface area contributed by atoms with Crippen LogP contribution in [0.2, 0.25) is 0 Å². The zero-order valence-corrected chi connectivity index (χ0v) is 15.7. The zero-order valence-electron chi connectivity index (χ0n) is 15.7. The van der Waals surface area contributed by atoms with Crippen LogP contribution >= 0.6 is 0 Å². The maximum atomic E-state index is 11.4. The molecule has 1 N–H and O–H groups in total. The molecule has 1 aromatic heterocycles. The molecular weight excluding hydrogens is 362 g/mol. The van der Waals surface area contributed by atoms with Crippen molar-refractivity contribution in [3.8, 4) is 11.3 Å². The molecule has 5 rings (SSSR count). The number of carboxylic acid groups (broad SMARTS) is 1. The van der Waals surface area contributed by atoms with Gasteiger partial charge < -0.3 is 10.0 Å². The quantitative estimate of drug-likeness (QED) is 0.536. The highest BCUT2D eigenvalue weighted by atomic mass is 16.4. The molecular formula is C24H19N3O2. The van der Waals surface area contributed by atoms with Crippen LogP contribution in [0.3, 0.4) is 0 Å². The molecule has 0 unspecified atom stereocenters. The Morgan fingerprint density at radius 1 is 0.897 bits per heavy atom. The Labute approximate surface area is 168 Å². The number of hydrogen-bond acceptors (Lipinski definition) is 4. The minimum Gasteiger partial charge on any atom is -0.478 e. The van der Waals surface area contributed by atoms with E-state index in [4.69, 9.17) is 9.97 Å². The fourth-order valence-electron chi connectivity index (χ4n) is 3.91. The van der Waals surface area contributed by atoms with Gasteiger partial charge in [0.15, 0.2) is 5.82 Å². The van der Waals surface area contributed by atoms with Crippen LogP contribution in [0.1, 0.15) is 22.3 Å². The van der Waals surface area contributed by atoms with Gasteiger partial charge in [-0.15, -0.1) is 0 Å². The van der Waals surface area contributed by atoms with Gasteiger partial charge in [0.05, 0.1) is 16.6 Å². The lowest BCUT2D eigenvalue weighted by molar-refractivity contribution is 0.0697. The number of hydrogen-bond donors (Lipinski definition) is 1. The predicted molar refractivity (Wildman–Crippen MR) is 114 cm³/mol. The Kier molecular flexibility index (Phi) is 4.21. The third-order valence-corrected chi connectivity index (χ3v) is 5.31. The summed E-state index contributed by atoms with van der Waals surface area (Å²) >= 11 is 0. The van der Waals surface area contributed by atoms with Crippen LogP contribution in [-0.2, 0) is 6.42 Å². The average molecular weight is 381 g/mol. The van der Waals surface area contributed by atoms with Crippen molar-refractivity contribution in [2.75, 3.05) is 11.4 Å². The number of aryl methyl sites for hydroxylation is 1. The van der Waals surface area contributed by atoms with E-state index in [1.807, 2.05) is 36.4 Å². The second-order valence-corrected chi connectivity index (χ2v) is 7.15. The molecule has 0 atom stereocenters. The van der Waals surface area contributed by atoms with Crippen LogP contribution in [0.25, 0.3) is 22.3 Å². The second-order valence-electron chi connectivity index (χ2n) is 7.15. The van der Waals surface area contributed by atoms with E-state index in [-0.39, 0.29) is 5.56 Å². The van der Waals surface area contributed by atoms with Crippen molar-refractivity contribution in [1.29, 1.82) is 0 Å². The number of anilines is 2. The van der Waals surface area contributed by atoms with E-state index in [1.165, 1.54) is 5.56 Å². The predicted octanol–water partition coefficient (Wildman–Crippen LogP) is 5.08. The summed E-state index contributed by atoms with van der Waals surface area (Å²) in [6.45, 7) is 0.843. The van der Waals surface area contributed by atoms with Crippen LogP contribution in [-0.4, -0.2) is 27.6 Å². The van der Waals surface area contributed by atoms with Crippen molar-refractivity contribution in [3.63, 3.8) is 0 Å². The monoisotopic (exact) mass is 381 g/mol. The number of carboxylic acids is 1. The number of aromatic carboxylic acids is 1. The first kappa shape index (κ1) is 17.4. The Hall–Kier alpha value is -3.73. The Balaban J connectivity index is 1.77. The molecule has 1 aliphatic rings. The largest absolute Gasteiger partial charge is 0.478 e. The molecule has 0 fully saturated rings. The average Bonchev–Trinajstić information content (AvgIpc) is 2.78. The number of aromatic nitrogens is 2. The highest BCUT2D eigenvalue weighted by Crippen LogP contribution is 2.38. The fraction of sp³-hybridized carbons (Fsp3) is 0.125. The summed E-state index contributed by atoms with van der Waals surface area (Å²) in [5.74, 6) is -0.205. The SMILES string of the molecule is O=C(O)c1ccc2nc(-c3ccccc3)c(N3CCCc4ccccc43)nc2c1. The molecule has 29 heavy (non-hydrogen) atoms. The Morgan fingerprint density at radius 2 is 1.69 bits per heavy atom. The summed E-state index contributed by atoms with van der Waals surface area (Å²) in [4.78, 5) is 23.4. The van der Waals surface area contributed by atoms with E-state index < -0.39 is 5.97 Å². The van der Waals surface area contributed by atoms with Crippen molar-refractivity contribution in [1.82, 2.24) is 9.97 Å². The summed E-state index contributed by atoms with van der Waals surface area (Å²) in [6.07, 6.45) is 2.07. The maximum absolute atomic E-state index is 11.4. The lowest BCUT2D eigenvalue weighted by Crippen LogP contribution is -2.26. The zero-order chi connectivity index (χ0) is 19.8. The van der Waals surface area contributed by atoms with Gasteiger partial charge in [-0.3, -0.25) is 0 Å². The third kappa shape index (κ3) is 3.10. The molecule has 0 bridgehead atoms. The lowest BCUT2D eigenvalue weighted by Gasteiger charge is -2.31. The van der Waals surface area contributed by atoms with Gasteiger partial charge in [0.25, 0.3) is 0 Å². The van der Waals surface area contributed by atoms with Gasteiger partial charge in [-0.2, -0.15) is 0 Å². The van der Waals surface area contributed by atoms with Gasteiger partial charge in [0, 0.05) is 17.8 Å². The molecule has 0 amide bonds. The lowest BCUT2D eigenvalue weighted by atomic mass is 10.0. The molecule has 0 spiro atoms. The van der Waals surface area contributed by atoms with E-state index in [1.54, 1.807) is 18.2 Å². The van der Waals surface area contributed by atoms with Gasteiger partial charge in [-0.25, -0.2) is 14.8 Å². The first-order valence-electron chi connectivity index (χ1n) is 9.67. The highest BCUT2D eigenvalue weighted by Gasteiger charge is 2.23. The number of rotatable bonds is 3. The van der Waals surface area contributed by atoms with E-state index in [0.717, 1.165) is 42.1 Å². The minimum atomic E-state index is -0.967. The first-order chi connectivity index (χ1) is 14.2. The van der Waals surface area contributed by atoms with E-state index in [9.17, 15) is 9.90 Å². The van der Waals surface area contributed by atoms with Crippen LogP contribution in [0.5, 0.6) is 0 Å². The van der Waals surface area contributed by atoms with Gasteiger partial charge in [-0.1, -0.05) is 48.5 Å². The topological polar surface area (TPSA) is 66.3 Å².